The first-order valence-electron chi connectivity index (χ1n) is 17.3. The van der Waals surface area contributed by atoms with E-state index < -0.39 is 0 Å². The highest BCUT2D eigenvalue weighted by atomic mass is 15.0. The van der Waals surface area contributed by atoms with Gasteiger partial charge >= 0.3 is 0 Å². The van der Waals surface area contributed by atoms with E-state index in [0.717, 1.165) is 44.6 Å². The number of nitrogens with zero attached hydrogens (tertiary/aromatic N) is 3. The van der Waals surface area contributed by atoms with Gasteiger partial charge in [0.2, 0.25) is 0 Å². The summed E-state index contributed by atoms with van der Waals surface area (Å²) in [6.07, 6.45) is 0. The predicted octanol–water partition coefficient (Wildman–Crippen LogP) is 12.5. The van der Waals surface area contributed by atoms with Crippen LogP contribution in [0, 0.1) is 11.3 Å². The van der Waals surface area contributed by atoms with Crippen LogP contribution in [0.5, 0.6) is 0 Å². The van der Waals surface area contributed by atoms with Gasteiger partial charge in [-0.05, 0) is 127 Å². The van der Waals surface area contributed by atoms with Crippen molar-refractivity contribution in [1.82, 2.24) is 9.55 Å². The Morgan fingerprint density at radius 2 is 0.863 bits per heavy atom. The van der Waals surface area contributed by atoms with Crippen LogP contribution >= 0.6 is 0 Å². The van der Waals surface area contributed by atoms with Gasteiger partial charge in [0.25, 0.3) is 0 Å². The van der Waals surface area contributed by atoms with E-state index >= 15 is 0 Å². The molecule has 2 heterocycles. The summed E-state index contributed by atoms with van der Waals surface area (Å²) < 4.78 is 2.32. The summed E-state index contributed by atoms with van der Waals surface area (Å²) in [6.45, 7) is 0. The number of aromatic nitrogens is 2. The molecule has 0 aliphatic carbocycles. The van der Waals surface area contributed by atoms with Crippen molar-refractivity contribution < 1.29 is 0 Å². The SMILES string of the molecule is N#Cc1cc2ccc3cc(-c4cc5ccc6cc(-c7cccc(-c8ccccc8)n7)cc7ccc(c4)c5c67)cc4c3c2c(c1)n4-c1ccccc1. The summed E-state index contributed by atoms with van der Waals surface area (Å²) in [5.41, 5.74) is 10.5. The van der Waals surface area contributed by atoms with Gasteiger partial charge in [-0.3, -0.25) is 0 Å². The zero-order valence-electron chi connectivity index (χ0n) is 27.4. The lowest BCUT2D eigenvalue weighted by Gasteiger charge is -2.15. The van der Waals surface area contributed by atoms with Gasteiger partial charge in [-0.2, -0.15) is 5.26 Å². The molecule has 0 bridgehead atoms. The second-order valence-corrected chi connectivity index (χ2v) is 13.5. The van der Waals surface area contributed by atoms with Gasteiger partial charge in [0.15, 0.2) is 0 Å². The molecule has 0 N–H and O–H groups in total. The van der Waals surface area contributed by atoms with Gasteiger partial charge in [-0.15, -0.1) is 0 Å². The maximum absolute atomic E-state index is 9.89. The zero-order valence-corrected chi connectivity index (χ0v) is 27.4. The molecule has 0 saturated heterocycles. The normalized spacial score (nSPS) is 11.9. The van der Waals surface area contributed by atoms with E-state index in [1.165, 1.54) is 59.6 Å². The second-order valence-electron chi connectivity index (χ2n) is 13.5. The summed E-state index contributed by atoms with van der Waals surface area (Å²) in [5, 5.41) is 22.1. The fourth-order valence-corrected chi connectivity index (χ4v) is 8.37. The molecule has 234 valence electrons. The van der Waals surface area contributed by atoms with E-state index in [2.05, 4.69) is 150 Å². The van der Waals surface area contributed by atoms with E-state index in [1.54, 1.807) is 0 Å². The minimum atomic E-state index is 0.668. The predicted molar refractivity (Wildman–Crippen MR) is 212 cm³/mol. The Morgan fingerprint density at radius 3 is 1.45 bits per heavy atom. The lowest BCUT2D eigenvalue weighted by Crippen LogP contribution is -1.94. The van der Waals surface area contributed by atoms with Crippen LogP contribution in [0.2, 0.25) is 0 Å². The van der Waals surface area contributed by atoms with Gasteiger partial charge in [-0.1, -0.05) is 91.0 Å². The van der Waals surface area contributed by atoms with Gasteiger partial charge < -0.3 is 4.57 Å². The highest BCUT2D eigenvalue weighted by Crippen LogP contribution is 2.44. The first-order valence-corrected chi connectivity index (χ1v) is 17.3. The Balaban J connectivity index is 1.09. The van der Waals surface area contributed by atoms with Crippen LogP contribution in [-0.4, -0.2) is 9.55 Å². The smallest absolute Gasteiger partial charge is 0.0992 e. The molecular weight excluding hydrogens is 619 g/mol. The van der Waals surface area contributed by atoms with Crippen molar-refractivity contribution in [2.75, 3.05) is 0 Å². The van der Waals surface area contributed by atoms with Crippen LogP contribution in [0.4, 0.5) is 0 Å². The summed E-state index contributed by atoms with van der Waals surface area (Å²) >= 11 is 0. The third-order valence-electron chi connectivity index (χ3n) is 10.6. The number of rotatable bonds is 4. The Bertz CT molecular complexity index is 3120. The summed E-state index contributed by atoms with van der Waals surface area (Å²) in [5.74, 6) is 0. The highest BCUT2D eigenvalue weighted by Gasteiger charge is 2.20. The van der Waals surface area contributed by atoms with Crippen molar-refractivity contribution in [3.05, 3.63) is 169 Å². The molecule has 11 aromatic rings. The standard InChI is InChI=1S/C48H27N3/c49-28-29-20-31-14-19-36-24-38(27-44-48(36)47(31)43(21-29)51(44)40-10-5-2-6-11-40)37-22-32-15-17-34-25-39(26-35-18-16-33(23-37)45(32)46(34)35)42-13-7-12-41(50-42)30-8-3-1-4-9-30/h1-27H. The molecule has 9 aromatic carbocycles. The lowest BCUT2D eigenvalue weighted by atomic mass is 9.89. The van der Waals surface area contributed by atoms with Crippen LogP contribution in [0.15, 0.2) is 164 Å². The highest BCUT2D eigenvalue weighted by molar-refractivity contribution is 6.27. The number of pyridine rings is 1. The van der Waals surface area contributed by atoms with E-state index in [4.69, 9.17) is 4.98 Å². The van der Waals surface area contributed by atoms with Gasteiger partial charge in [0.05, 0.1) is 34.1 Å². The monoisotopic (exact) mass is 645 g/mol. The quantitative estimate of drug-likeness (QED) is 0.179. The molecule has 0 unspecified atom stereocenters. The molecule has 0 aliphatic heterocycles. The molecule has 11 rings (SSSR count). The molecule has 0 aliphatic rings. The summed E-state index contributed by atoms with van der Waals surface area (Å²) in [7, 11) is 0. The largest absolute Gasteiger partial charge is 0.309 e. The second kappa shape index (κ2) is 10.5. The topological polar surface area (TPSA) is 41.6 Å². The molecule has 0 saturated carbocycles. The number of nitriles is 1. The molecular formula is C48H27N3. The van der Waals surface area contributed by atoms with Crippen molar-refractivity contribution >= 4 is 64.9 Å². The van der Waals surface area contributed by atoms with Crippen LogP contribution in [-0.2, 0) is 0 Å². The molecule has 3 nitrogen and oxygen atoms in total. The average Bonchev–Trinajstić information content (AvgIpc) is 3.53. The van der Waals surface area contributed by atoms with Crippen LogP contribution in [0.25, 0.3) is 104 Å². The Kier molecular flexibility index (Phi) is 5.73. The lowest BCUT2D eigenvalue weighted by molar-refractivity contribution is 1.18. The summed E-state index contributed by atoms with van der Waals surface area (Å²) in [6, 6.07) is 60.9. The maximum atomic E-state index is 9.89. The van der Waals surface area contributed by atoms with Crippen molar-refractivity contribution in [2.24, 2.45) is 0 Å². The third-order valence-corrected chi connectivity index (χ3v) is 10.6. The zero-order chi connectivity index (χ0) is 33.6. The van der Waals surface area contributed by atoms with Crippen molar-refractivity contribution in [3.63, 3.8) is 0 Å². The third kappa shape index (κ3) is 4.14. The van der Waals surface area contributed by atoms with Crippen LogP contribution < -0.4 is 0 Å². The average molecular weight is 646 g/mol. The fourth-order valence-electron chi connectivity index (χ4n) is 8.37. The molecule has 0 spiro atoms. The molecule has 3 heteroatoms. The van der Waals surface area contributed by atoms with E-state index in [0.29, 0.717) is 5.56 Å². The van der Waals surface area contributed by atoms with E-state index in [-0.39, 0.29) is 0 Å². The summed E-state index contributed by atoms with van der Waals surface area (Å²) in [4.78, 5) is 5.06. The number of hydrogen-bond donors (Lipinski definition) is 0. The molecule has 0 amide bonds. The number of para-hydroxylation sites is 1. The molecule has 51 heavy (non-hydrogen) atoms. The first-order chi connectivity index (χ1) is 25.2. The molecule has 0 radical (unpaired) electrons. The van der Waals surface area contributed by atoms with Gasteiger partial charge in [0.1, 0.15) is 0 Å². The number of hydrogen-bond acceptors (Lipinski definition) is 2. The molecule has 2 aromatic heterocycles. The van der Waals surface area contributed by atoms with Gasteiger partial charge in [-0.25, -0.2) is 4.98 Å². The van der Waals surface area contributed by atoms with Crippen LogP contribution in [0.1, 0.15) is 5.56 Å². The van der Waals surface area contributed by atoms with Crippen molar-refractivity contribution in [3.8, 4) is 45.4 Å². The van der Waals surface area contributed by atoms with Gasteiger partial charge in [0, 0.05) is 27.6 Å². The minimum absolute atomic E-state index is 0.668. The first kappa shape index (κ1) is 27.9. The Hall–Kier alpha value is -7.02. The van der Waals surface area contributed by atoms with Crippen LogP contribution in [0.3, 0.4) is 0 Å². The van der Waals surface area contributed by atoms with E-state index in [9.17, 15) is 5.26 Å². The maximum Gasteiger partial charge on any atom is 0.0992 e. The van der Waals surface area contributed by atoms with Crippen molar-refractivity contribution in [1.29, 1.82) is 5.26 Å². The Labute approximate surface area is 293 Å². The number of benzene rings is 9. The Morgan fingerprint density at radius 1 is 0.392 bits per heavy atom. The van der Waals surface area contributed by atoms with E-state index in [1.807, 2.05) is 24.3 Å². The fraction of sp³-hybridized carbons (Fsp3) is 0. The molecule has 0 atom stereocenters. The van der Waals surface area contributed by atoms with Crippen molar-refractivity contribution in [2.45, 2.75) is 0 Å². The molecule has 0 fully saturated rings. The minimum Gasteiger partial charge on any atom is -0.309 e.